The molecule has 1 N–H and O–H groups in total. The van der Waals surface area contributed by atoms with Crippen molar-refractivity contribution in [3.05, 3.63) is 65.7 Å². The lowest BCUT2D eigenvalue weighted by Gasteiger charge is -2.42. The number of aliphatic hydroxyl groups is 1. The second-order valence-electron chi connectivity index (χ2n) is 11.0. The Hall–Kier alpha value is -1.95. The van der Waals surface area contributed by atoms with Crippen LogP contribution in [-0.4, -0.2) is 49.3 Å². The predicted octanol–water partition coefficient (Wildman–Crippen LogP) is 6.49. The van der Waals surface area contributed by atoms with Gasteiger partial charge in [-0.25, -0.2) is 0 Å². The van der Waals surface area contributed by atoms with Crippen LogP contribution in [0.3, 0.4) is 0 Å². The standard InChI is InChI=1S/C29H43NO3Si/c1-22(2)34(23(3)4,24(5)6)33-27-14-12-26(13-15-27)28(31)21-30-18-16-29(32,17-19-30)20-25-10-8-7-9-11-25/h7-15,22-24,32H,16-21H2,1-6H3. The van der Waals surface area contributed by atoms with Gasteiger partial charge in [0, 0.05) is 25.1 Å². The molecule has 4 nitrogen and oxygen atoms in total. The Kier molecular flexibility index (Phi) is 8.77. The van der Waals surface area contributed by atoms with Gasteiger partial charge in [-0.2, -0.15) is 0 Å². The van der Waals surface area contributed by atoms with Gasteiger partial charge in [-0.1, -0.05) is 71.9 Å². The number of likely N-dealkylation sites (tertiary alicyclic amines) is 1. The quantitative estimate of drug-likeness (QED) is 0.311. The van der Waals surface area contributed by atoms with Crippen molar-refractivity contribution < 1.29 is 14.3 Å². The normalized spacial score (nSPS) is 16.9. The number of Topliss-reactive ketones (excluding diaryl/α,β-unsaturated/α-hetero) is 1. The zero-order valence-corrected chi connectivity index (χ0v) is 22.9. The second-order valence-corrected chi connectivity index (χ2v) is 16.4. The van der Waals surface area contributed by atoms with Crippen LogP contribution in [0.1, 0.15) is 70.3 Å². The van der Waals surface area contributed by atoms with Crippen molar-refractivity contribution in [2.24, 2.45) is 0 Å². The molecule has 0 unspecified atom stereocenters. The Morgan fingerprint density at radius 1 is 0.912 bits per heavy atom. The van der Waals surface area contributed by atoms with Crippen LogP contribution in [0.5, 0.6) is 5.75 Å². The molecule has 1 aliphatic rings. The van der Waals surface area contributed by atoms with E-state index < -0.39 is 13.9 Å². The largest absolute Gasteiger partial charge is 0.543 e. The summed E-state index contributed by atoms with van der Waals surface area (Å²) < 4.78 is 6.73. The summed E-state index contributed by atoms with van der Waals surface area (Å²) >= 11 is 0. The monoisotopic (exact) mass is 481 g/mol. The van der Waals surface area contributed by atoms with E-state index in [1.54, 1.807) is 0 Å². The summed E-state index contributed by atoms with van der Waals surface area (Å²) in [7, 11) is -2.01. The number of benzene rings is 2. The van der Waals surface area contributed by atoms with Gasteiger partial charge in [0.15, 0.2) is 5.78 Å². The molecule has 2 aromatic carbocycles. The van der Waals surface area contributed by atoms with E-state index in [1.807, 2.05) is 42.5 Å². The van der Waals surface area contributed by atoms with Crippen molar-refractivity contribution in [1.29, 1.82) is 0 Å². The minimum absolute atomic E-state index is 0.125. The minimum Gasteiger partial charge on any atom is -0.543 e. The maximum Gasteiger partial charge on any atom is 0.258 e. The molecule has 2 aromatic rings. The molecule has 1 aliphatic heterocycles. The zero-order valence-electron chi connectivity index (χ0n) is 21.9. The van der Waals surface area contributed by atoms with E-state index >= 15 is 0 Å². The van der Waals surface area contributed by atoms with Crippen LogP contribution in [0.15, 0.2) is 54.6 Å². The maximum atomic E-state index is 13.0. The summed E-state index contributed by atoms with van der Waals surface area (Å²) in [6.45, 7) is 15.6. The lowest BCUT2D eigenvalue weighted by Crippen LogP contribution is -2.50. The average molecular weight is 482 g/mol. The summed E-state index contributed by atoms with van der Waals surface area (Å²) in [5.41, 5.74) is 2.73. The minimum atomic E-state index is -2.01. The highest BCUT2D eigenvalue weighted by atomic mass is 28.4. The molecule has 1 heterocycles. The molecule has 0 radical (unpaired) electrons. The molecule has 0 spiro atoms. The van der Waals surface area contributed by atoms with Crippen LogP contribution >= 0.6 is 0 Å². The molecule has 1 fully saturated rings. The Morgan fingerprint density at radius 2 is 1.44 bits per heavy atom. The third-order valence-electron chi connectivity index (χ3n) is 7.71. The summed E-state index contributed by atoms with van der Waals surface area (Å²) in [6, 6.07) is 17.9. The van der Waals surface area contributed by atoms with Gasteiger partial charge < -0.3 is 9.53 Å². The van der Waals surface area contributed by atoms with Gasteiger partial charge in [0.2, 0.25) is 0 Å². The van der Waals surface area contributed by atoms with E-state index in [0.29, 0.717) is 42.4 Å². The smallest absolute Gasteiger partial charge is 0.258 e. The molecular formula is C29H43NO3Si. The van der Waals surface area contributed by atoms with Crippen LogP contribution in [-0.2, 0) is 6.42 Å². The van der Waals surface area contributed by atoms with Crippen LogP contribution in [0, 0.1) is 0 Å². The van der Waals surface area contributed by atoms with Gasteiger partial charge in [0.1, 0.15) is 5.75 Å². The Morgan fingerprint density at radius 3 is 1.94 bits per heavy atom. The van der Waals surface area contributed by atoms with Gasteiger partial charge in [-0.3, -0.25) is 9.69 Å². The van der Waals surface area contributed by atoms with Crippen molar-refractivity contribution in [1.82, 2.24) is 4.90 Å². The van der Waals surface area contributed by atoms with E-state index in [9.17, 15) is 9.90 Å². The third-order valence-corrected chi connectivity index (χ3v) is 13.7. The summed E-state index contributed by atoms with van der Waals surface area (Å²) in [5.74, 6) is 1.00. The number of ketones is 1. The van der Waals surface area contributed by atoms with Gasteiger partial charge in [-0.15, -0.1) is 0 Å². The molecule has 0 saturated carbocycles. The topological polar surface area (TPSA) is 49.8 Å². The summed E-state index contributed by atoms with van der Waals surface area (Å²) in [6.07, 6.45) is 2.05. The van der Waals surface area contributed by atoms with E-state index in [2.05, 4.69) is 58.6 Å². The molecule has 0 bridgehead atoms. The first-order valence-electron chi connectivity index (χ1n) is 12.9. The first-order chi connectivity index (χ1) is 16.1. The molecule has 0 amide bonds. The Labute approximate surface area is 207 Å². The molecule has 5 heteroatoms. The molecule has 0 atom stereocenters. The van der Waals surface area contributed by atoms with Gasteiger partial charge in [0.25, 0.3) is 8.32 Å². The number of nitrogens with zero attached hydrogens (tertiary/aromatic N) is 1. The number of carbonyl (C=O) groups excluding carboxylic acids is 1. The van der Waals surface area contributed by atoms with Crippen molar-refractivity contribution in [2.75, 3.05) is 19.6 Å². The summed E-state index contributed by atoms with van der Waals surface area (Å²) in [4.78, 5) is 15.1. The number of rotatable bonds is 10. The molecular weight excluding hydrogens is 438 g/mol. The highest BCUT2D eigenvalue weighted by molar-refractivity contribution is 6.78. The second kappa shape index (κ2) is 11.2. The predicted molar refractivity (Wildman–Crippen MR) is 143 cm³/mol. The third kappa shape index (κ3) is 6.18. The van der Waals surface area contributed by atoms with E-state index in [0.717, 1.165) is 30.0 Å². The number of hydrogen-bond acceptors (Lipinski definition) is 4. The zero-order chi connectivity index (χ0) is 24.9. The van der Waals surface area contributed by atoms with Crippen molar-refractivity contribution in [3.63, 3.8) is 0 Å². The lowest BCUT2D eigenvalue weighted by atomic mass is 9.85. The number of piperidine rings is 1. The Bertz CT molecular complexity index is 894. The maximum absolute atomic E-state index is 13.0. The molecule has 186 valence electrons. The van der Waals surface area contributed by atoms with Gasteiger partial charge in [-0.05, 0) is 59.3 Å². The van der Waals surface area contributed by atoms with Crippen molar-refractivity contribution in [2.45, 2.75) is 83.0 Å². The molecule has 1 saturated heterocycles. The fourth-order valence-electron chi connectivity index (χ4n) is 5.84. The van der Waals surface area contributed by atoms with E-state index in [1.165, 1.54) is 0 Å². The SMILES string of the molecule is CC(C)[Si](Oc1ccc(C(=O)CN2CCC(O)(Cc3ccccc3)CC2)cc1)(C(C)C)C(C)C. The molecule has 34 heavy (non-hydrogen) atoms. The number of hydrogen-bond donors (Lipinski definition) is 1. The first-order valence-corrected chi connectivity index (χ1v) is 15.0. The highest BCUT2D eigenvalue weighted by Gasteiger charge is 2.47. The molecule has 0 aromatic heterocycles. The fourth-order valence-corrected chi connectivity index (χ4v) is 11.1. The van der Waals surface area contributed by atoms with Crippen LogP contribution < -0.4 is 4.43 Å². The molecule has 3 rings (SSSR count). The number of carbonyl (C=O) groups is 1. The Balaban J connectivity index is 1.57. The van der Waals surface area contributed by atoms with Gasteiger partial charge in [0.05, 0.1) is 12.1 Å². The van der Waals surface area contributed by atoms with Crippen molar-refractivity contribution >= 4 is 14.1 Å². The van der Waals surface area contributed by atoms with Crippen LogP contribution in [0.25, 0.3) is 0 Å². The van der Waals surface area contributed by atoms with Crippen molar-refractivity contribution in [3.8, 4) is 5.75 Å². The average Bonchev–Trinajstić information content (AvgIpc) is 2.79. The van der Waals surface area contributed by atoms with Crippen LogP contribution in [0.2, 0.25) is 16.6 Å². The van der Waals surface area contributed by atoms with E-state index in [-0.39, 0.29) is 5.78 Å². The van der Waals surface area contributed by atoms with Crippen LogP contribution in [0.4, 0.5) is 0 Å². The fraction of sp³-hybridized carbons (Fsp3) is 0.552. The summed E-state index contributed by atoms with van der Waals surface area (Å²) in [5, 5.41) is 11.0. The lowest BCUT2D eigenvalue weighted by molar-refractivity contribution is -0.0193. The first kappa shape index (κ1) is 26.6. The highest BCUT2D eigenvalue weighted by Crippen LogP contribution is 2.42. The van der Waals surface area contributed by atoms with Gasteiger partial charge >= 0.3 is 0 Å². The molecule has 0 aliphatic carbocycles. The van der Waals surface area contributed by atoms with E-state index in [4.69, 9.17) is 4.43 Å².